The van der Waals surface area contributed by atoms with Gasteiger partial charge in [0.25, 0.3) is 5.91 Å². The molecule has 2 heterocycles. The van der Waals surface area contributed by atoms with Gasteiger partial charge in [0, 0.05) is 12.7 Å². The largest absolute Gasteiger partial charge is 0.493 e. The first-order valence-electron chi connectivity index (χ1n) is 11.7. The van der Waals surface area contributed by atoms with Crippen molar-refractivity contribution in [3.8, 4) is 11.5 Å². The molecule has 1 aromatic carbocycles. The second-order valence-electron chi connectivity index (χ2n) is 8.63. The van der Waals surface area contributed by atoms with E-state index < -0.39 is 0 Å². The SMILES string of the molecule is COc1cc(CN(Cc2ccccn2)C(=O)c2sccc2C)ccc1OC1CCCCCC1. The monoisotopic (exact) mass is 464 g/mol. The summed E-state index contributed by atoms with van der Waals surface area (Å²) >= 11 is 1.48. The van der Waals surface area contributed by atoms with Crippen molar-refractivity contribution in [1.29, 1.82) is 0 Å². The highest BCUT2D eigenvalue weighted by molar-refractivity contribution is 7.12. The fourth-order valence-electron chi connectivity index (χ4n) is 4.29. The zero-order valence-electron chi connectivity index (χ0n) is 19.5. The number of hydrogen-bond donors (Lipinski definition) is 0. The van der Waals surface area contributed by atoms with Crippen LogP contribution < -0.4 is 9.47 Å². The first-order chi connectivity index (χ1) is 16.1. The van der Waals surface area contributed by atoms with Crippen molar-refractivity contribution in [2.75, 3.05) is 7.11 Å². The van der Waals surface area contributed by atoms with E-state index in [-0.39, 0.29) is 12.0 Å². The molecule has 33 heavy (non-hydrogen) atoms. The van der Waals surface area contributed by atoms with E-state index in [4.69, 9.17) is 9.47 Å². The molecule has 0 atom stereocenters. The van der Waals surface area contributed by atoms with Gasteiger partial charge in [0.15, 0.2) is 11.5 Å². The maximum atomic E-state index is 13.4. The van der Waals surface area contributed by atoms with Crippen LogP contribution in [0.25, 0.3) is 0 Å². The van der Waals surface area contributed by atoms with Gasteiger partial charge in [-0.25, -0.2) is 0 Å². The van der Waals surface area contributed by atoms with Gasteiger partial charge in [-0.15, -0.1) is 11.3 Å². The van der Waals surface area contributed by atoms with E-state index in [9.17, 15) is 4.79 Å². The van der Waals surface area contributed by atoms with Crippen LogP contribution >= 0.6 is 11.3 Å². The number of aryl methyl sites for hydroxylation is 1. The van der Waals surface area contributed by atoms with Crippen molar-refractivity contribution in [1.82, 2.24) is 9.88 Å². The fourth-order valence-corrected chi connectivity index (χ4v) is 5.18. The molecule has 1 aliphatic rings. The molecule has 6 heteroatoms. The Morgan fingerprint density at radius 2 is 1.88 bits per heavy atom. The topological polar surface area (TPSA) is 51.7 Å². The molecule has 2 aromatic heterocycles. The predicted molar refractivity (Wildman–Crippen MR) is 132 cm³/mol. The number of hydrogen-bond acceptors (Lipinski definition) is 5. The Kier molecular flexibility index (Phi) is 8.00. The average Bonchev–Trinajstić information content (AvgIpc) is 3.10. The van der Waals surface area contributed by atoms with Crippen LogP contribution in [0.1, 0.15) is 65.0 Å². The summed E-state index contributed by atoms with van der Waals surface area (Å²) in [5.74, 6) is 1.52. The van der Waals surface area contributed by atoms with E-state index in [2.05, 4.69) is 4.98 Å². The minimum atomic E-state index is 0.0194. The molecule has 5 nitrogen and oxygen atoms in total. The number of ether oxygens (including phenoxy) is 2. The van der Waals surface area contributed by atoms with Crippen LogP contribution in [0.2, 0.25) is 0 Å². The molecule has 4 rings (SSSR count). The third kappa shape index (κ3) is 6.14. The first kappa shape index (κ1) is 23.3. The van der Waals surface area contributed by atoms with Crippen LogP contribution in [-0.4, -0.2) is 29.0 Å². The van der Waals surface area contributed by atoms with Gasteiger partial charge in [-0.2, -0.15) is 0 Å². The Labute approximate surface area is 200 Å². The molecule has 1 fully saturated rings. The van der Waals surface area contributed by atoms with Crippen LogP contribution in [0.5, 0.6) is 11.5 Å². The van der Waals surface area contributed by atoms with Gasteiger partial charge in [-0.3, -0.25) is 9.78 Å². The second kappa shape index (κ2) is 11.3. The van der Waals surface area contributed by atoms with Crippen molar-refractivity contribution in [3.05, 3.63) is 75.7 Å². The lowest BCUT2D eigenvalue weighted by Crippen LogP contribution is -2.30. The summed E-state index contributed by atoms with van der Waals surface area (Å²) < 4.78 is 12.0. The van der Waals surface area contributed by atoms with Gasteiger partial charge < -0.3 is 14.4 Å². The standard InChI is InChI=1S/C27H32N2O3S/c1-20-14-16-33-26(20)27(30)29(19-22-9-7-8-15-28-22)18-21-12-13-24(25(17-21)31-2)32-23-10-5-3-4-6-11-23/h7-9,12-17,23H,3-6,10-11,18-19H2,1-2H3. The lowest BCUT2D eigenvalue weighted by Gasteiger charge is -2.24. The van der Waals surface area contributed by atoms with Crippen LogP contribution in [-0.2, 0) is 13.1 Å². The van der Waals surface area contributed by atoms with E-state index in [1.807, 2.05) is 59.7 Å². The number of thiophene rings is 1. The Morgan fingerprint density at radius 3 is 2.55 bits per heavy atom. The summed E-state index contributed by atoms with van der Waals surface area (Å²) in [7, 11) is 1.67. The number of aromatic nitrogens is 1. The molecule has 0 unspecified atom stereocenters. The Balaban J connectivity index is 1.54. The molecule has 1 amide bonds. The van der Waals surface area contributed by atoms with Crippen molar-refractivity contribution in [2.24, 2.45) is 0 Å². The minimum absolute atomic E-state index is 0.0194. The summed E-state index contributed by atoms with van der Waals surface area (Å²) in [6.45, 7) is 2.89. The Hall–Kier alpha value is -2.86. The number of carbonyl (C=O) groups is 1. The van der Waals surface area contributed by atoms with Crippen molar-refractivity contribution in [2.45, 2.75) is 64.6 Å². The van der Waals surface area contributed by atoms with Crippen molar-refractivity contribution in [3.63, 3.8) is 0 Å². The molecule has 0 radical (unpaired) electrons. The number of rotatable bonds is 8. The summed E-state index contributed by atoms with van der Waals surface area (Å²) in [6, 6.07) is 13.8. The maximum Gasteiger partial charge on any atom is 0.264 e. The predicted octanol–water partition coefficient (Wildman–Crippen LogP) is 6.40. The van der Waals surface area contributed by atoms with Gasteiger partial charge in [0.1, 0.15) is 0 Å². The number of benzene rings is 1. The molecular formula is C27H32N2O3S. The quantitative estimate of drug-likeness (QED) is 0.362. The number of nitrogens with zero attached hydrogens (tertiary/aromatic N) is 2. The van der Waals surface area contributed by atoms with E-state index in [1.54, 1.807) is 13.3 Å². The summed E-state index contributed by atoms with van der Waals surface area (Å²) in [5.41, 5.74) is 2.86. The van der Waals surface area contributed by atoms with E-state index >= 15 is 0 Å². The molecule has 0 aliphatic heterocycles. The number of methoxy groups -OCH3 is 1. The first-order valence-corrected chi connectivity index (χ1v) is 12.6. The third-order valence-corrected chi connectivity index (χ3v) is 7.12. The highest BCUT2D eigenvalue weighted by atomic mass is 32.1. The molecule has 3 aromatic rings. The van der Waals surface area contributed by atoms with Gasteiger partial charge in [-0.1, -0.05) is 25.0 Å². The lowest BCUT2D eigenvalue weighted by molar-refractivity contribution is 0.0732. The van der Waals surface area contributed by atoms with Crippen LogP contribution in [0.4, 0.5) is 0 Å². The normalized spacial score (nSPS) is 14.5. The van der Waals surface area contributed by atoms with Crippen LogP contribution in [0.3, 0.4) is 0 Å². The summed E-state index contributed by atoms with van der Waals surface area (Å²) in [6.07, 6.45) is 9.22. The third-order valence-electron chi connectivity index (χ3n) is 6.12. The molecule has 0 N–H and O–H groups in total. The Morgan fingerprint density at radius 1 is 1.06 bits per heavy atom. The highest BCUT2D eigenvalue weighted by Crippen LogP contribution is 2.32. The van der Waals surface area contributed by atoms with Gasteiger partial charge >= 0.3 is 0 Å². The van der Waals surface area contributed by atoms with Crippen molar-refractivity contribution < 1.29 is 14.3 Å². The lowest BCUT2D eigenvalue weighted by atomic mass is 10.1. The summed E-state index contributed by atoms with van der Waals surface area (Å²) in [5, 5.41) is 1.96. The van der Waals surface area contributed by atoms with Crippen molar-refractivity contribution >= 4 is 17.2 Å². The van der Waals surface area contributed by atoms with Crippen LogP contribution in [0.15, 0.2) is 54.0 Å². The van der Waals surface area contributed by atoms with Gasteiger partial charge in [0.2, 0.25) is 0 Å². The zero-order chi connectivity index (χ0) is 23.0. The molecule has 0 saturated heterocycles. The zero-order valence-corrected chi connectivity index (χ0v) is 20.3. The van der Waals surface area contributed by atoms with E-state index in [1.165, 1.54) is 37.0 Å². The van der Waals surface area contributed by atoms with E-state index in [0.29, 0.717) is 18.8 Å². The average molecular weight is 465 g/mol. The second-order valence-corrected chi connectivity index (χ2v) is 9.55. The highest BCUT2D eigenvalue weighted by Gasteiger charge is 2.21. The number of pyridine rings is 1. The molecule has 1 aliphatic carbocycles. The van der Waals surface area contributed by atoms with E-state index in [0.717, 1.165) is 40.3 Å². The maximum absolute atomic E-state index is 13.4. The fraction of sp³-hybridized carbons (Fsp3) is 0.407. The smallest absolute Gasteiger partial charge is 0.264 e. The minimum Gasteiger partial charge on any atom is -0.493 e. The Bertz CT molecular complexity index is 1040. The molecular weight excluding hydrogens is 432 g/mol. The molecule has 0 bridgehead atoms. The molecule has 174 valence electrons. The number of amides is 1. The summed E-state index contributed by atoms with van der Waals surface area (Å²) in [4.78, 5) is 20.5. The molecule has 1 saturated carbocycles. The molecule has 0 spiro atoms. The van der Waals surface area contributed by atoms with Crippen LogP contribution in [0, 0.1) is 6.92 Å². The van der Waals surface area contributed by atoms with Gasteiger partial charge in [0.05, 0.1) is 30.3 Å². The van der Waals surface area contributed by atoms with Gasteiger partial charge in [-0.05, 0) is 79.4 Å². The number of carbonyl (C=O) groups excluding carboxylic acids is 1.